The lowest BCUT2D eigenvalue weighted by Crippen LogP contribution is -2.29. The Morgan fingerprint density at radius 3 is 2.32 bits per heavy atom. The van der Waals surface area contributed by atoms with Crippen molar-refractivity contribution in [2.75, 3.05) is 18.4 Å². The van der Waals surface area contributed by atoms with Crippen molar-refractivity contribution >= 4 is 29.1 Å². The predicted octanol–water partition coefficient (Wildman–Crippen LogP) is 3.69. The van der Waals surface area contributed by atoms with Crippen molar-refractivity contribution in [2.45, 2.75) is 25.7 Å². The minimum Gasteiger partial charge on any atom is -0.342 e. The average molecular weight is 357 g/mol. The Morgan fingerprint density at radius 1 is 0.960 bits per heavy atom. The quantitative estimate of drug-likeness (QED) is 0.888. The van der Waals surface area contributed by atoms with E-state index in [-0.39, 0.29) is 18.2 Å². The lowest BCUT2D eigenvalue weighted by Gasteiger charge is -2.15. The minimum absolute atomic E-state index is 0.117. The molecule has 1 saturated heterocycles. The van der Waals surface area contributed by atoms with Crippen LogP contribution >= 0.6 is 11.6 Å². The van der Waals surface area contributed by atoms with Gasteiger partial charge in [-0.05, 0) is 42.2 Å². The summed E-state index contributed by atoms with van der Waals surface area (Å²) in [6.45, 7) is 1.74. The number of likely N-dealkylation sites (tertiary alicyclic amines) is 1. The minimum atomic E-state index is -0.117. The molecule has 0 unspecified atom stereocenters. The molecule has 25 heavy (non-hydrogen) atoms. The second-order valence-corrected chi connectivity index (χ2v) is 6.69. The van der Waals surface area contributed by atoms with Crippen molar-refractivity contribution in [2.24, 2.45) is 0 Å². The third kappa shape index (κ3) is 4.83. The van der Waals surface area contributed by atoms with E-state index in [1.165, 1.54) is 0 Å². The average Bonchev–Trinajstić information content (AvgIpc) is 3.13. The van der Waals surface area contributed by atoms with Crippen molar-refractivity contribution in [3.8, 4) is 0 Å². The summed E-state index contributed by atoms with van der Waals surface area (Å²) in [6.07, 6.45) is 2.84. The molecule has 1 aliphatic heterocycles. The second kappa shape index (κ2) is 8.17. The molecule has 0 radical (unpaired) electrons. The Kier molecular flexibility index (Phi) is 5.71. The van der Waals surface area contributed by atoms with Gasteiger partial charge in [0.25, 0.3) is 0 Å². The highest BCUT2D eigenvalue weighted by Crippen LogP contribution is 2.17. The van der Waals surface area contributed by atoms with Gasteiger partial charge < -0.3 is 10.2 Å². The van der Waals surface area contributed by atoms with E-state index in [0.29, 0.717) is 11.4 Å². The number of carbonyl (C=O) groups excluding carboxylic acids is 2. The van der Waals surface area contributed by atoms with Crippen molar-refractivity contribution in [1.29, 1.82) is 0 Å². The molecule has 0 saturated carbocycles. The van der Waals surface area contributed by atoms with Gasteiger partial charge in [-0.25, -0.2) is 0 Å². The SMILES string of the molecule is O=C(Cc1ccccc1Cl)Nc1ccc(CC(=O)N2CCCC2)cc1. The fourth-order valence-corrected chi connectivity index (χ4v) is 3.18. The van der Waals surface area contributed by atoms with Crippen molar-refractivity contribution in [3.05, 3.63) is 64.7 Å². The predicted molar refractivity (Wildman–Crippen MR) is 99.7 cm³/mol. The molecule has 1 N–H and O–H groups in total. The van der Waals surface area contributed by atoms with Crippen molar-refractivity contribution in [1.82, 2.24) is 4.90 Å². The van der Waals surface area contributed by atoms with Gasteiger partial charge in [-0.2, -0.15) is 0 Å². The monoisotopic (exact) mass is 356 g/mol. The van der Waals surface area contributed by atoms with E-state index in [0.717, 1.165) is 42.7 Å². The summed E-state index contributed by atoms with van der Waals surface area (Å²) >= 11 is 6.08. The molecule has 0 spiro atoms. The maximum absolute atomic E-state index is 12.2. The molecule has 0 atom stereocenters. The van der Waals surface area contributed by atoms with Crippen LogP contribution in [-0.2, 0) is 22.4 Å². The van der Waals surface area contributed by atoms with E-state index >= 15 is 0 Å². The number of rotatable bonds is 5. The number of nitrogens with one attached hydrogen (secondary N) is 1. The molecule has 0 bridgehead atoms. The summed E-state index contributed by atoms with van der Waals surface area (Å²) in [4.78, 5) is 26.2. The van der Waals surface area contributed by atoms with Gasteiger partial charge in [0.05, 0.1) is 12.8 Å². The summed E-state index contributed by atoms with van der Waals surface area (Å²) in [7, 11) is 0. The summed E-state index contributed by atoms with van der Waals surface area (Å²) in [6, 6.07) is 14.8. The molecule has 130 valence electrons. The first kappa shape index (κ1) is 17.5. The van der Waals surface area contributed by atoms with Crippen molar-refractivity contribution in [3.63, 3.8) is 0 Å². The Balaban J connectivity index is 1.54. The number of nitrogens with zero attached hydrogens (tertiary/aromatic N) is 1. The molecule has 1 aliphatic rings. The van der Waals surface area contributed by atoms with Crippen LogP contribution in [-0.4, -0.2) is 29.8 Å². The molecule has 2 aromatic rings. The highest BCUT2D eigenvalue weighted by molar-refractivity contribution is 6.31. The fourth-order valence-electron chi connectivity index (χ4n) is 2.98. The van der Waals surface area contributed by atoms with E-state index in [9.17, 15) is 9.59 Å². The van der Waals surface area contributed by atoms with Gasteiger partial charge in [0, 0.05) is 23.8 Å². The van der Waals surface area contributed by atoms with Crippen LogP contribution in [0.1, 0.15) is 24.0 Å². The molecular weight excluding hydrogens is 336 g/mol. The number of anilines is 1. The van der Waals surface area contributed by atoms with Gasteiger partial charge in [0.15, 0.2) is 0 Å². The zero-order valence-electron chi connectivity index (χ0n) is 14.0. The lowest BCUT2D eigenvalue weighted by atomic mass is 10.1. The highest BCUT2D eigenvalue weighted by atomic mass is 35.5. The number of benzene rings is 2. The first-order chi connectivity index (χ1) is 12.1. The standard InChI is InChI=1S/C20H21ClN2O2/c21-18-6-2-1-5-16(18)14-19(24)22-17-9-7-15(8-10-17)13-20(25)23-11-3-4-12-23/h1-2,5-10H,3-4,11-14H2,(H,22,24). The van der Waals surface area contributed by atoms with Crippen LogP contribution in [0, 0.1) is 0 Å². The molecule has 1 heterocycles. The summed E-state index contributed by atoms with van der Waals surface area (Å²) in [5, 5.41) is 3.45. The van der Waals surface area contributed by atoms with E-state index in [2.05, 4.69) is 5.32 Å². The lowest BCUT2D eigenvalue weighted by molar-refractivity contribution is -0.129. The van der Waals surface area contributed by atoms with Crippen LogP contribution < -0.4 is 5.32 Å². The molecule has 1 fully saturated rings. The molecule has 5 heteroatoms. The summed E-state index contributed by atoms with van der Waals surface area (Å²) in [5.41, 5.74) is 2.48. The molecule has 0 aliphatic carbocycles. The van der Waals surface area contributed by atoms with E-state index in [4.69, 9.17) is 11.6 Å². The van der Waals surface area contributed by atoms with Crippen LogP contribution in [0.2, 0.25) is 5.02 Å². The van der Waals surface area contributed by atoms with Crippen molar-refractivity contribution < 1.29 is 9.59 Å². The number of hydrogen-bond acceptors (Lipinski definition) is 2. The van der Waals surface area contributed by atoms with E-state index in [1.807, 2.05) is 47.4 Å². The maximum Gasteiger partial charge on any atom is 0.228 e. The summed E-state index contributed by atoms with van der Waals surface area (Å²) in [5.74, 6) is 0.0574. The Bertz CT molecular complexity index is 753. The normalized spacial score (nSPS) is 13.7. The molecule has 2 aromatic carbocycles. The molecule has 3 rings (SSSR count). The third-order valence-corrected chi connectivity index (χ3v) is 4.73. The Hall–Kier alpha value is -2.33. The number of amides is 2. The zero-order valence-corrected chi connectivity index (χ0v) is 14.8. The van der Waals surface area contributed by atoms with Gasteiger partial charge in [-0.3, -0.25) is 9.59 Å². The number of halogens is 1. The van der Waals surface area contributed by atoms with Crippen LogP contribution in [0.5, 0.6) is 0 Å². The second-order valence-electron chi connectivity index (χ2n) is 6.28. The van der Waals surface area contributed by atoms with Crippen LogP contribution in [0.15, 0.2) is 48.5 Å². The summed E-state index contributed by atoms with van der Waals surface area (Å²) < 4.78 is 0. The van der Waals surface area contributed by atoms with Gasteiger partial charge in [0.1, 0.15) is 0 Å². The van der Waals surface area contributed by atoms with Gasteiger partial charge in [-0.1, -0.05) is 41.9 Å². The molecule has 2 amide bonds. The maximum atomic E-state index is 12.2. The van der Waals surface area contributed by atoms with E-state index in [1.54, 1.807) is 6.07 Å². The van der Waals surface area contributed by atoms with Crippen LogP contribution in [0.4, 0.5) is 5.69 Å². The Labute approximate surface area is 152 Å². The Morgan fingerprint density at radius 2 is 1.64 bits per heavy atom. The molecular formula is C20H21ClN2O2. The zero-order chi connectivity index (χ0) is 17.6. The largest absolute Gasteiger partial charge is 0.342 e. The third-order valence-electron chi connectivity index (χ3n) is 4.36. The highest BCUT2D eigenvalue weighted by Gasteiger charge is 2.17. The number of carbonyl (C=O) groups is 2. The first-order valence-corrected chi connectivity index (χ1v) is 8.89. The van der Waals surface area contributed by atoms with Crippen LogP contribution in [0.3, 0.4) is 0 Å². The first-order valence-electron chi connectivity index (χ1n) is 8.52. The smallest absolute Gasteiger partial charge is 0.228 e. The molecule has 0 aromatic heterocycles. The van der Waals surface area contributed by atoms with Crippen LogP contribution in [0.25, 0.3) is 0 Å². The molecule has 4 nitrogen and oxygen atoms in total. The topological polar surface area (TPSA) is 49.4 Å². The van der Waals surface area contributed by atoms with E-state index < -0.39 is 0 Å². The van der Waals surface area contributed by atoms with Gasteiger partial charge >= 0.3 is 0 Å². The fraction of sp³-hybridized carbons (Fsp3) is 0.300. The number of hydrogen-bond donors (Lipinski definition) is 1. The van der Waals surface area contributed by atoms with Gasteiger partial charge in [-0.15, -0.1) is 0 Å². The van der Waals surface area contributed by atoms with Gasteiger partial charge in [0.2, 0.25) is 11.8 Å².